The summed E-state index contributed by atoms with van der Waals surface area (Å²) in [4.78, 5) is 12.5. The maximum absolute atomic E-state index is 10.3. The molecule has 4 heteroatoms. The first kappa shape index (κ1) is 15.4. The van der Waals surface area contributed by atoms with Crippen LogP contribution in [-0.2, 0) is 4.79 Å². The molecule has 0 saturated heterocycles. The van der Waals surface area contributed by atoms with E-state index in [0.717, 1.165) is 32.5 Å². The number of aliphatic carboxylic acids is 1. The molecule has 0 aliphatic carbocycles. The first-order chi connectivity index (χ1) is 7.33. The minimum absolute atomic E-state index is 0.260. The normalized spacial score (nSPS) is 12.1. The van der Waals surface area contributed by atoms with Gasteiger partial charge in [0.15, 0.2) is 0 Å². The summed E-state index contributed by atoms with van der Waals surface area (Å²) in [6.07, 6.45) is 1.98. The fourth-order valence-corrected chi connectivity index (χ4v) is 1.86. The summed E-state index contributed by atoms with van der Waals surface area (Å²) in [6.45, 7) is 7.39. The van der Waals surface area contributed by atoms with E-state index >= 15 is 0 Å². The highest BCUT2D eigenvalue weighted by Crippen LogP contribution is 2.13. The van der Waals surface area contributed by atoms with Crippen molar-refractivity contribution in [3.05, 3.63) is 0 Å². The Morgan fingerprint density at radius 3 is 2.44 bits per heavy atom. The van der Waals surface area contributed by atoms with Gasteiger partial charge in [0.1, 0.15) is 0 Å². The van der Waals surface area contributed by atoms with E-state index in [1.165, 1.54) is 0 Å². The van der Waals surface area contributed by atoms with Crippen molar-refractivity contribution in [2.75, 3.05) is 33.7 Å². The van der Waals surface area contributed by atoms with Crippen molar-refractivity contribution in [1.82, 2.24) is 10.2 Å². The molecule has 2 N–H and O–H groups in total. The molecule has 0 rings (SSSR count). The predicted octanol–water partition coefficient (Wildman–Crippen LogP) is 1.42. The second-order valence-corrected chi connectivity index (χ2v) is 5.43. The van der Waals surface area contributed by atoms with Crippen LogP contribution in [0.1, 0.15) is 33.1 Å². The zero-order valence-corrected chi connectivity index (χ0v) is 11.0. The summed E-state index contributed by atoms with van der Waals surface area (Å²) < 4.78 is 0. The number of rotatable bonds is 9. The van der Waals surface area contributed by atoms with E-state index in [9.17, 15) is 4.79 Å². The van der Waals surface area contributed by atoms with Crippen LogP contribution in [-0.4, -0.2) is 49.7 Å². The van der Waals surface area contributed by atoms with Gasteiger partial charge in [0, 0.05) is 19.5 Å². The summed E-state index contributed by atoms with van der Waals surface area (Å²) >= 11 is 0. The van der Waals surface area contributed by atoms with Crippen LogP contribution in [0.25, 0.3) is 0 Å². The minimum Gasteiger partial charge on any atom is -0.481 e. The van der Waals surface area contributed by atoms with Crippen molar-refractivity contribution in [2.24, 2.45) is 5.41 Å². The molecular formula is C12H26N2O2. The van der Waals surface area contributed by atoms with Gasteiger partial charge in [-0.1, -0.05) is 13.8 Å². The van der Waals surface area contributed by atoms with Crippen LogP contribution >= 0.6 is 0 Å². The van der Waals surface area contributed by atoms with Crippen LogP contribution in [0.2, 0.25) is 0 Å². The van der Waals surface area contributed by atoms with E-state index < -0.39 is 5.97 Å². The van der Waals surface area contributed by atoms with Crippen LogP contribution in [0.5, 0.6) is 0 Å². The van der Waals surface area contributed by atoms with E-state index in [4.69, 9.17) is 5.11 Å². The molecule has 0 unspecified atom stereocenters. The van der Waals surface area contributed by atoms with Crippen LogP contribution in [0.3, 0.4) is 0 Å². The molecule has 16 heavy (non-hydrogen) atoms. The van der Waals surface area contributed by atoms with Gasteiger partial charge in [-0.2, -0.15) is 0 Å². The Balaban J connectivity index is 3.46. The topological polar surface area (TPSA) is 52.6 Å². The van der Waals surface area contributed by atoms with Crippen molar-refractivity contribution in [2.45, 2.75) is 33.1 Å². The van der Waals surface area contributed by atoms with Crippen molar-refractivity contribution in [3.63, 3.8) is 0 Å². The lowest BCUT2D eigenvalue weighted by atomic mass is 9.93. The lowest BCUT2D eigenvalue weighted by Gasteiger charge is -2.28. The highest BCUT2D eigenvalue weighted by atomic mass is 16.4. The average molecular weight is 230 g/mol. The molecule has 0 spiro atoms. The average Bonchev–Trinajstić information content (AvgIpc) is 2.08. The summed E-state index contributed by atoms with van der Waals surface area (Å²) in [5.41, 5.74) is 0.260. The lowest BCUT2D eigenvalue weighted by molar-refractivity contribution is -0.137. The molecule has 0 aliphatic rings. The second-order valence-electron chi connectivity index (χ2n) is 5.43. The van der Waals surface area contributed by atoms with E-state index in [1.807, 2.05) is 0 Å². The Labute approximate surface area is 99.0 Å². The monoisotopic (exact) mass is 230 g/mol. The molecule has 0 fully saturated rings. The van der Waals surface area contributed by atoms with Crippen molar-refractivity contribution < 1.29 is 9.90 Å². The maximum atomic E-state index is 10.3. The minimum atomic E-state index is -0.701. The van der Waals surface area contributed by atoms with E-state index in [0.29, 0.717) is 0 Å². The van der Waals surface area contributed by atoms with Crippen LogP contribution in [0.15, 0.2) is 0 Å². The Bertz CT molecular complexity index is 203. The number of hydrogen-bond acceptors (Lipinski definition) is 3. The van der Waals surface area contributed by atoms with Gasteiger partial charge in [-0.25, -0.2) is 0 Å². The van der Waals surface area contributed by atoms with Gasteiger partial charge in [-0.05, 0) is 38.9 Å². The van der Waals surface area contributed by atoms with Crippen LogP contribution < -0.4 is 5.32 Å². The highest BCUT2D eigenvalue weighted by molar-refractivity contribution is 5.66. The standard InChI is InChI=1S/C12H26N2O2/c1-12(2,10-14(3)4)9-13-8-6-5-7-11(15)16/h13H,5-10H2,1-4H3,(H,15,16). The van der Waals surface area contributed by atoms with E-state index in [2.05, 4.69) is 38.2 Å². The third-order valence-corrected chi connectivity index (χ3v) is 2.34. The highest BCUT2D eigenvalue weighted by Gasteiger charge is 2.17. The number of nitrogens with zero attached hydrogens (tertiary/aromatic N) is 1. The number of carboxylic acid groups (broad SMARTS) is 1. The summed E-state index contributed by atoms with van der Waals surface area (Å²) in [6, 6.07) is 0. The molecule has 0 saturated carbocycles. The first-order valence-electron chi connectivity index (χ1n) is 5.91. The van der Waals surface area contributed by atoms with Gasteiger partial charge >= 0.3 is 5.97 Å². The zero-order chi connectivity index (χ0) is 12.6. The third kappa shape index (κ3) is 9.93. The maximum Gasteiger partial charge on any atom is 0.303 e. The zero-order valence-electron chi connectivity index (χ0n) is 11.0. The number of nitrogens with one attached hydrogen (secondary N) is 1. The molecule has 0 amide bonds. The van der Waals surface area contributed by atoms with Gasteiger partial charge in [0.2, 0.25) is 0 Å². The molecule has 0 heterocycles. The molecule has 0 aromatic rings. The lowest BCUT2D eigenvalue weighted by Crippen LogP contribution is -2.37. The van der Waals surface area contributed by atoms with Crippen LogP contribution in [0, 0.1) is 5.41 Å². The SMILES string of the molecule is CN(C)CC(C)(C)CNCCCCC(=O)O. The fourth-order valence-electron chi connectivity index (χ4n) is 1.86. The van der Waals surface area contributed by atoms with Crippen molar-refractivity contribution >= 4 is 5.97 Å². The molecule has 0 aliphatic heterocycles. The molecule has 0 aromatic carbocycles. The molecule has 0 radical (unpaired) electrons. The molecule has 0 atom stereocenters. The number of unbranched alkanes of at least 4 members (excludes halogenated alkanes) is 1. The molecule has 0 bridgehead atoms. The summed E-state index contributed by atoms with van der Waals surface area (Å²) in [5, 5.41) is 11.9. The van der Waals surface area contributed by atoms with E-state index in [-0.39, 0.29) is 11.8 Å². The van der Waals surface area contributed by atoms with Gasteiger partial charge in [0.05, 0.1) is 0 Å². The largest absolute Gasteiger partial charge is 0.481 e. The number of carboxylic acids is 1. The second kappa shape index (κ2) is 7.63. The van der Waals surface area contributed by atoms with E-state index in [1.54, 1.807) is 0 Å². The number of carbonyl (C=O) groups is 1. The third-order valence-electron chi connectivity index (χ3n) is 2.34. The first-order valence-corrected chi connectivity index (χ1v) is 5.91. The van der Waals surface area contributed by atoms with Gasteiger partial charge in [-0.15, -0.1) is 0 Å². The summed E-state index contributed by atoms with van der Waals surface area (Å²) in [7, 11) is 4.16. The Hall–Kier alpha value is -0.610. The number of hydrogen-bond donors (Lipinski definition) is 2. The molecule has 96 valence electrons. The summed E-state index contributed by atoms with van der Waals surface area (Å²) in [5.74, 6) is -0.701. The Morgan fingerprint density at radius 1 is 1.31 bits per heavy atom. The molecule has 0 aromatic heterocycles. The molecular weight excluding hydrogens is 204 g/mol. The van der Waals surface area contributed by atoms with Gasteiger partial charge in [0.25, 0.3) is 0 Å². The Kier molecular flexibility index (Phi) is 7.34. The van der Waals surface area contributed by atoms with Crippen molar-refractivity contribution in [3.8, 4) is 0 Å². The smallest absolute Gasteiger partial charge is 0.303 e. The molecule has 4 nitrogen and oxygen atoms in total. The quantitative estimate of drug-likeness (QED) is 0.588. The van der Waals surface area contributed by atoms with Crippen molar-refractivity contribution in [1.29, 1.82) is 0 Å². The van der Waals surface area contributed by atoms with Crippen LogP contribution in [0.4, 0.5) is 0 Å². The van der Waals surface area contributed by atoms with Gasteiger partial charge < -0.3 is 15.3 Å². The predicted molar refractivity (Wildman–Crippen MR) is 66.7 cm³/mol. The Morgan fingerprint density at radius 2 is 1.94 bits per heavy atom. The fraction of sp³-hybridized carbons (Fsp3) is 0.917. The van der Waals surface area contributed by atoms with Gasteiger partial charge in [-0.3, -0.25) is 4.79 Å².